The minimum absolute atomic E-state index is 0.267. The minimum atomic E-state index is -0.455. The molecule has 3 N–H and O–H groups in total. The van der Waals surface area contributed by atoms with Crippen LogP contribution in [0, 0.1) is 0 Å². The molecular formula is C14H18N2O3. The molecule has 0 bridgehead atoms. The first-order valence-electron chi connectivity index (χ1n) is 6.02. The average Bonchev–Trinajstić information content (AvgIpc) is 2.71. The van der Waals surface area contributed by atoms with Crippen LogP contribution in [0.4, 0.5) is 5.69 Å². The van der Waals surface area contributed by atoms with Crippen molar-refractivity contribution in [1.82, 2.24) is 5.32 Å². The molecule has 19 heavy (non-hydrogen) atoms. The molecule has 0 saturated heterocycles. The second-order valence-electron chi connectivity index (χ2n) is 5.18. The molecule has 0 atom stereocenters. The van der Waals surface area contributed by atoms with Crippen LogP contribution in [0.2, 0.25) is 0 Å². The van der Waals surface area contributed by atoms with Crippen molar-refractivity contribution < 1.29 is 13.9 Å². The number of hydrogen-bond donors (Lipinski definition) is 2. The van der Waals surface area contributed by atoms with E-state index in [9.17, 15) is 4.79 Å². The molecular weight excluding hydrogens is 244 g/mol. The van der Waals surface area contributed by atoms with E-state index in [-0.39, 0.29) is 11.7 Å². The summed E-state index contributed by atoms with van der Waals surface area (Å²) >= 11 is 0. The standard InChI is InChI=1S/C14H18N2O3/c1-14(2,8-18-3)16-13(17)12-7-9-6-10(15)4-5-11(9)19-12/h4-7H,8,15H2,1-3H3,(H,16,17). The Morgan fingerprint density at radius 1 is 1.42 bits per heavy atom. The van der Waals surface area contributed by atoms with Crippen molar-refractivity contribution >= 4 is 22.6 Å². The highest BCUT2D eigenvalue weighted by Gasteiger charge is 2.23. The molecule has 5 heteroatoms. The molecule has 1 heterocycles. The van der Waals surface area contributed by atoms with Gasteiger partial charge in [-0.25, -0.2) is 0 Å². The fourth-order valence-electron chi connectivity index (χ4n) is 1.94. The Balaban J connectivity index is 2.22. The largest absolute Gasteiger partial charge is 0.451 e. The fourth-order valence-corrected chi connectivity index (χ4v) is 1.94. The normalized spacial score (nSPS) is 11.7. The highest BCUT2D eigenvalue weighted by molar-refractivity contribution is 5.96. The molecule has 0 fully saturated rings. The number of carbonyl (C=O) groups is 1. The van der Waals surface area contributed by atoms with Crippen molar-refractivity contribution in [2.45, 2.75) is 19.4 Å². The molecule has 0 spiro atoms. The first-order valence-corrected chi connectivity index (χ1v) is 6.02. The lowest BCUT2D eigenvalue weighted by Crippen LogP contribution is -2.46. The van der Waals surface area contributed by atoms with Crippen LogP contribution in [-0.4, -0.2) is 25.2 Å². The summed E-state index contributed by atoms with van der Waals surface area (Å²) in [5, 5.41) is 3.67. The number of ether oxygens (including phenoxy) is 1. The van der Waals surface area contributed by atoms with E-state index in [1.165, 1.54) is 0 Å². The third-order valence-electron chi connectivity index (χ3n) is 2.72. The third-order valence-corrected chi connectivity index (χ3v) is 2.72. The predicted octanol–water partition coefficient (Wildman–Crippen LogP) is 2.17. The molecule has 2 aromatic rings. The Hall–Kier alpha value is -2.01. The van der Waals surface area contributed by atoms with Crippen LogP contribution < -0.4 is 11.1 Å². The van der Waals surface area contributed by atoms with Crippen LogP contribution in [0.15, 0.2) is 28.7 Å². The summed E-state index contributed by atoms with van der Waals surface area (Å²) in [6.45, 7) is 4.19. The molecule has 0 saturated carbocycles. The van der Waals surface area contributed by atoms with Crippen molar-refractivity contribution in [2.24, 2.45) is 0 Å². The lowest BCUT2D eigenvalue weighted by Gasteiger charge is -2.24. The number of nitrogens with one attached hydrogen (secondary N) is 1. The summed E-state index contributed by atoms with van der Waals surface area (Å²) in [6.07, 6.45) is 0. The molecule has 0 aliphatic heterocycles. The first-order chi connectivity index (χ1) is 8.91. The van der Waals surface area contributed by atoms with Crippen LogP contribution in [0.1, 0.15) is 24.4 Å². The smallest absolute Gasteiger partial charge is 0.287 e. The molecule has 0 aliphatic carbocycles. The zero-order valence-electron chi connectivity index (χ0n) is 11.3. The monoisotopic (exact) mass is 262 g/mol. The number of furan rings is 1. The van der Waals surface area contributed by atoms with E-state index in [0.717, 1.165) is 5.39 Å². The predicted molar refractivity (Wildman–Crippen MR) is 74.0 cm³/mol. The lowest BCUT2D eigenvalue weighted by atomic mass is 10.1. The van der Waals surface area contributed by atoms with E-state index >= 15 is 0 Å². The zero-order chi connectivity index (χ0) is 14.0. The number of rotatable bonds is 4. The third kappa shape index (κ3) is 3.06. The van der Waals surface area contributed by atoms with Gasteiger partial charge in [0.2, 0.25) is 0 Å². The Kier molecular flexibility index (Phi) is 3.48. The van der Waals surface area contributed by atoms with Gasteiger partial charge in [0.05, 0.1) is 12.1 Å². The maximum absolute atomic E-state index is 12.1. The van der Waals surface area contributed by atoms with Gasteiger partial charge in [-0.2, -0.15) is 0 Å². The maximum atomic E-state index is 12.1. The van der Waals surface area contributed by atoms with Crippen molar-refractivity contribution in [1.29, 1.82) is 0 Å². The number of hydrogen-bond acceptors (Lipinski definition) is 4. The van der Waals surface area contributed by atoms with Crippen molar-refractivity contribution in [3.05, 3.63) is 30.0 Å². The summed E-state index contributed by atoms with van der Waals surface area (Å²) in [7, 11) is 1.60. The van der Waals surface area contributed by atoms with E-state index in [1.54, 1.807) is 31.4 Å². The Bertz CT molecular complexity index is 602. The number of nitrogens with two attached hydrogens (primary N) is 1. The number of methoxy groups -OCH3 is 1. The number of anilines is 1. The number of amides is 1. The SMILES string of the molecule is COCC(C)(C)NC(=O)c1cc2cc(N)ccc2o1. The Morgan fingerprint density at radius 3 is 2.84 bits per heavy atom. The topological polar surface area (TPSA) is 77.5 Å². The van der Waals surface area contributed by atoms with Gasteiger partial charge in [-0.1, -0.05) is 0 Å². The Labute approximate surface area is 111 Å². The summed E-state index contributed by atoms with van der Waals surface area (Å²) in [4.78, 5) is 12.1. The van der Waals surface area contributed by atoms with Crippen molar-refractivity contribution in [3.8, 4) is 0 Å². The lowest BCUT2D eigenvalue weighted by molar-refractivity contribution is 0.0796. The van der Waals surface area contributed by atoms with Crippen LogP contribution in [0.3, 0.4) is 0 Å². The second kappa shape index (κ2) is 4.93. The summed E-state index contributed by atoms with van der Waals surface area (Å²) in [5.41, 5.74) is 6.52. The van der Waals surface area contributed by atoms with Gasteiger partial charge in [0.1, 0.15) is 5.58 Å². The van der Waals surface area contributed by atoms with E-state index in [2.05, 4.69) is 5.32 Å². The van der Waals surface area contributed by atoms with Gasteiger partial charge < -0.3 is 20.2 Å². The van der Waals surface area contributed by atoms with Crippen molar-refractivity contribution in [2.75, 3.05) is 19.5 Å². The molecule has 0 radical (unpaired) electrons. The van der Waals surface area contributed by atoms with E-state index in [0.29, 0.717) is 17.9 Å². The van der Waals surface area contributed by atoms with E-state index in [4.69, 9.17) is 14.9 Å². The first kappa shape index (κ1) is 13.4. The number of nitrogen functional groups attached to an aromatic ring is 1. The van der Waals surface area contributed by atoms with E-state index < -0.39 is 5.54 Å². The molecule has 2 rings (SSSR count). The summed E-state index contributed by atoms with van der Waals surface area (Å²) in [5.74, 6) is 0.00148. The summed E-state index contributed by atoms with van der Waals surface area (Å²) in [6, 6.07) is 6.95. The van der Waals surface area contributed by atoms with Gasteiger partial charge in [-0.3, -0.25) is 4.79 Å². The van der Waals surface area contributed by atoms with Crippen LogP contribution in [0.25, 0.3) is 11.0 Å². The van der Waals surface area contributed by atoms with Gasteiger partial charge in [-0.15, -0.1) is 0 Å². The highest BCUT2D eigenvalue weighted by Crippen LogP contribution is 2.22. The maximum Gasteiger partial charge on any atom is 0.287 e. The van der Waals surface area contributed by atoms with Crippen LogP contribution >= 0.6 is 0 Å². The highest BCUT2D eigenvalue weighted by atomic mass is 16.5. The van der Waals surface area contributed by atoms with Crippen LogP contribution in [-0.2, 0) is 4.74 Å². The number of carbonyl (C=O) groups excluding carboxylic acids is 1. The number of benzene rings is 1. The minimum Gasteiger partial charge on any atom is -0.451 e. The molecule has 0 unspecified atom stereocenters. The zero-order valence-corrected chi connectivity index (χ0v) is 11.3. The Morgan fingerprint density at radius 2 is 2.16 bits per heavy atom. The molecule has 102 valence electrons. The average molecular weight is 262 g/mol. The quantitative estimate of drug-likeness (QED) is 0.828. The molecule has 0 aliphatic rings. The van der Waals surface area contributed by atoms with Gasteiger partial charge in [0.15, 0.2) is 5.76 Å². The van der Waals surface area contributed by atoms with Crippen LogP contribution in [0.5, 0.6) is 0 Å². The molecule has 1 aromatic heterocycles. The number of fused-ring (bicyclic) bond motifs is 1. The van der Waals surface area contributed by atoms with E-state index in [1.807, 2.05) is 13.8 Å². The van der Waals surface area contributed by atoms with Gasteiger partial charge >= 0.3 is 0 Å². The second-order valence-corrected chi connectivity index (χ2v) is 5.18. The molecule has 1 aromatic carbocycles. The summed E-state index contributed by atoms with van der Waals surface area (Å²) < 4.78 is 10.6. The fraction of sp³-hybridized carbons (Fsp3) is 0.357. The van der Waals surface area contributed by atoms with Gasteiger partial charge in [0.25, 0.3) is 5.91 Å². The van der Waals surface area contributed by atoms with Gasteiger partial charge in [-0.05, 0) is 38.1 Å². The molecule has 1 amide bonds. The van der Waals surface area contributed by atoms with Gasteiger partial charge in [0, 0.05) is 18.2 Å². The van der Waals surface area contributed by atoms with Crippen molar-refractivity contribution in [3.63, 3.8) is 0 Å². The molecule has 5 nitrogen and oxygen atoms in total.